The van der Waals surface area contributed by atoms with E-state index in [2.05, 4.69) is 20.6 Å². The topological polar surface area (TPSA) is 138 Å². The average Bonchev–Trinajstić information content (AvgIpc) is 3.17. The Kier molecular flexibility index (Phi) is 6.12. The second kappa shape index (κ2) is 8.51. The number of primary amides is 1. The first-order valence-electron chi connectivity index (χ1n) is 7.07. The highest BCUT2D eigenvalue weighted by Gasteiger charge is 2.01. The molecule has 8 heteroatoms. The van der Waals surface area contributed by atoms with Crippen LogP contribution in [0.3, 0.4) is 0 Å². The molecule has 0 radical (unpaired) electrons. The molecule has 0 bridgehead atoms. The highest BCUT2D eigenvalue weighted by Crippen LogP contribution is 2.13. The third-order valence-electron chi connectivity index (χ3n) is 3.16. The molecule has 2 aromatic carbocycles. The Morgan fingerprint density at radius 3 is 1.92 bits per heavy atom. The fraction of sp³-hybridized carbons (Fsp3) is 0.125. The second-order valence-electron chi connectivity index (χ2n) is 4.81. The van der Waals surface area contributed by atoms with E-state index in [9.17, 15) is 4.79 Å². The molecule has 1 aromatic heterocycles. The van der Waals surface area contributed by atoms with Crippen molar-refractivity contribution in [1.29, 1.82) is 0 Å². The number of aromatic nitrogens is 4. The molecule has 0 aliphatic rings. The number of H-pyrrole nitrogens is 1. The van der Waals surface area contributed by atoms with Gasteiger partial charge in [0.05, 0.1) is 13.2 Å². The van der Waals surface area contributed by atoms with Crippen molar-refractivity contribution >= 4 is 5.91 Å². The quantitative estimate of drug-likeness (QED) is 0.554. The summed E-state index contributed by atoms with van der Waals surface area (Å²) in [4.78, 5) is 10.6. The van der Waals surface area contributed by atoms with Gasteiger partial charge in [-0.05, 0) is 28.5 Å². The van der Waals surface area contributed by atoms with E-state index in [4.69, 9.17) is 15.9 Å². The number of nitrogens with one attached hydrogen (secondary N) is 1. The largest absolute Gasteiger partial charge is 0.392 e. The van der Waals surface area contributed by atoms with Crippen LogP contribution in [0.2, 0.25) is 0 Å². The molecule has 5 N–H and O–H groups in total. The third-order valence-corrected chi connectivity index (χ3v) is 3.16. The van der Waals surface area contributed by atoms with E-state index in [1.165, 1.54) is 0 Å². The summed E-state index contributed by atoms with van der Waals surface area (Å²) in [5.41, 5.74) is 7.99. The van der Waals surface area contributed by atoms with Crippen LogP contribution < -0.4 is 5.73 Å². The molecule has 0 aliphatic heterocycles. The van der Waals surface area contributed by atoms with Crippen LogP contribution in [-0.2, 0) is 13.2 Å². The van der Waals surface area contributed by atoms with Gasteiger partial charge in [0.2, 0.25) is 11.7 Å². The zero-order chi connectivity index (χ0) is 17.4. The maximum atomic E-state index is 10.6. The number of nitrogens with two attached hydrogens (primary N) is 1. The number of aliphatic hydroxyl groups is 2. The van der Waals surface area contributed by atoms with Gasteiger partial charge in [-0.3, -0.25) is 4.79 Å². The number of amides is 1. The minimum Gasteiger partial charge on any atom is -0.392 e. The van der Waals surface area contributed by atoms with Crippen molar-refractivity contribution < 1.29 is 15.0 Å². The summed E-state index contributed by atoms with van der Waals surface area (Å²) in [6.07, 6.45) is 0. The Hall–Kier alpha value is -3.10. The molecule has 0 fully saturated rings. The standard InChI is InChI=1S/C8H8N4O.C8H9NO2/c13-5-6-1-3-7(4-2-6)8-9-11-12-10-8;9-8(11)7-3-1-6(5-10)2-4-7/h1-4,13H,5H2,(H,9,10,11,12);1-4,10H,5H2,(H2,9,11). The lowest BCUT2D eigenvalue weighted by atomic mass is 10.1. The van der Waals surface area contributed by atoms with Crippen LogP contribution in [0.15, 0.2) is 48.5 Å². The zero-order valence-electron chi connectivity index (χ0n) is 12.8. The van der Waals surface area contributed by atoms with Crippen LogP contribution in [0.5, 0.6) is 0 Å². The lowest BCUT2D eigenvalue weighted by Gasteiger charge is -1.96. The Bertz CT molecular complexity index is 755. The Labute approximate surface area is 138 Å². The first kappa shape index (κ1) is 17.3. The summed E-state index contributed by atoms with van der Waals surface area (Å²) in [6, 6.07) is 13.9. The maximum absolute atomic E-state index is 10.6. The molecule has 3 aromatic rings. The predicted octanol–water partition coefficient (Wildman–Crippen LogP) is 0.637. The number of tetrazole rings is 1. The SMILES string of the molecule is NC(=O)c1ccc(CO)cc1.OCc1ccc(-c2nn[nH]n2)cc1. The number of benzene rings is 2. The van der Waals surface area contributed by atoms with Gasteiger partial charge in [0.1, 0.15) is 0 Å². The van der Waals surface area contributed by atoms with E-state index in [-0.39, 0.29) is 13.2 Å². The third kappa shape index (κ3) is 4.70. The summed E-state index contributed by atoms with van der Waals surface area (Å²) < 4.78 is 0. The van der Waals surface area contributed by atoms with Crippen molar-refractivity contribution in [1.82, 2.24) is 20.6 Å². The highest BCUT2D eigenvalue weighted by molar-refractivity contribution is 5.92. The van der Waals surface area contributed by atoms with E-state index in [0.29, 0.717) is 11.4 Å². The number of aromatic amines is 1. The fourth-order valence-electron chi connectivity index (χ4n) is 1.82. The summed E-state index contributed by atoms with van der Waals surface area (Å²) in [5.74, 6) is 0.110. The fourth-order valence-corrected chi connectivity index (χ4v) is 1.82. The summed E-state index contributed by atoms with van der Waals surface area (Å²) in [5, 5.41) is 31.0. The minimum absolute atomic E-state index is 0.0148. The summed E-state index contributed by atoms with van der Waals surface area (Å²) in [7, 11) is 0. The minimum atomic E-state index is -0.450. The Balaban J connectivity index is 0.000000177. The van der Waals surface area contributed by atoms with Crippen LogP contribution in [0.4, 0.5) is 0 Å². The predicted molar refractivity (Wildman–Crippen MR) is 86.4 cm³/mol. The van der Waals surface area contributed by atoms with Crippen molar-refractivity contribution in [2.75, 3.05) is 0 Å². The molecule has 8 nitrogen and oxygen atoms in total. The summed E-state index contributed by atoms with van der Waals surface area (Å²) in [6.45, 7) is 0.0333. The van der Waals surface area contributed by atoms with Crippen LogP contribution in [0.1, 0.15) is 21.5 Å². The van der Waals surface area contributed by atoms with Crippen LogP contribution in [0, 0.1) is 0 Å². The van der Waals surface area contributed by atoms with Crippen molar-refractivity contribution in [2.24, 2.45) is 5.73 Å². The van der Waals surface area contributed by atoms with E-state index >= 15 is 0 Å². The number of carbonyl (C=O) groups is 1. The molecule has 0 atom stereocenters. The van der Waals surface area contributed by atoms with Crippen LogP contribution in [-0.4, -0.2) is 36.7 Å². The van der Waals surface area contributed by atoms with Crippen molar-refractivity contribution in [3.8, 4) is 11.4 Å². The molecular formula is C16H17N5O3. The zero-order valence-corrected chi connectivity index (χ0v) is 12.8. The highest BCUT2D eigenvalue weighted by atomic mass is 16.3. The number of carbonyl (C=O) groups excluding carboxylic acids is 1. The van der Waals surface area contributed by atoms with Crippen molar-refractivity contribution in [2.45, 2.75) is 13.2 Å². The maximum Gasteiger partial charge on any atom is 0.248 e. The number of aliphatic hydroxyl groups excluding tert-OH is 2. The molecule has 0 aliphatic carbocycles. The van der Waals surface area contributed by atoms with Gasteiger partial charge in [0, 0.05) is 11.1 Å². The van der Waals surface area contributed by atoms with Gasteiger partial charge in [-0.25, -0.2) is 0 Å². The smallest absolute Gasteiger partial charge is 0.248 e. The van der Waals surface area contributed by atoms with Crippen molar-refractivity contribution in [3.05, 3.63) is 65.2 Å². The van der Waals surface area contributed by atoms with E-state index < -0.39 is 5.91 Å². The van der Waals surface area contributed by atoms with Gasteiger partial charge >= 0.3 is 0 Å². The normalized spacial score (nSPS) is 9.92. The Morgan fingerprint density at radius 2 is 1.50 bits per heavy atom. The lowest BCUT2D eigenvalue weighted by molar-refractivity contribution is 0.1000. The monoisotopic (exact) mass is 327 g/mol. The van der Waals surface area contributed by atoms with Gasteiger partial charge in [-0.15, -0.1) is 10.2 Å². The molecule has 0 saturated carbocycles. The number of nitrogens with zero attached hydrogens (tertiary/aromatic N) is 3. The van der Waals surface area contributed by atoms with Crippen molar-refractivity contribution in [3.63, 3.8) is 0 Å². The first-order chi connectivity index (χ1) is 11.6. The van der Waals surface area contributed by atoms with Gasteiger partial charge in [0.15, 0.2) is 0 Å². The molecule has 0 unspecified atom stereocenters. The van der Waals surface area contributed by atoms with Gasteiger partial charge in [0.25, 0.3) is 0 Å². The number of rotatable bonds is 4. The number of hydrogen-bond donors (Lipinski definition) is 4. The molecule has 124 valence electrons. The van der Waals surface area contributed by atoms with Gasteiger partial charge in [-0.2, -0.15) is 5.21 Å². The van der Waals surface area contributed by atoms with Crippen LogP contribution in [0.25, 0.3) is 11.4 Å². The molecular weight excluding hydrogens is 310 g/mol. The average molecular weight is 327 g/mol. The van der Waals surface area contributed by atoms with E-state index in [1.807, 2.05) is 24.3 Å². The molecule has 3 rings (SSSR count). The lowest BCUT2D eigenvalue weighted by Crippen LogP contribution is -2.10. The molecule has 0 saturated heterocycles. The van der Waals surface area contributed by atoms with E-state index in [1.54, 1.807) is 24.3 Å². The molecule has 0 spiro atoms. The van der Waals surface area contributed by atoms with Gasteiger partial charge < -0.3 is 15.9 Å². The van der Waals surface area contributed by atoms with E-state index in [0.717, 1.165) is 16.7 Å². The Morgan fingerprint density at radius 1 is 0.958 bits per heavy atom. The molecule has 1 amide bonds. The second-order valence-corrected chi connectivity index (χ2v) is 4.81. The number of hydrogen-bond acceptors (Lipinski definition) is 6. The first-order valence-corrected chi connectivity index (χ1v) is 7.07. The summed E-state index contributed by atoms with van der Waals surface area (Å²) >= 11 is 0. The van der Waals surface area contributed by atoms with Crippen LogP contribution >= 0.6 is 0 Å². The molecule has 1 heterocycles. The van der Waals surface area contributed by atoms with Gasteiger partial charge in [-0.1, -0.05) is 36.4 Å². The molecule has 24 heavy (non-hydrogen) atoms.